The molecule has 0 bridgehead atoms. The van der Waals surface area contributed by atoms with Crippen molar-refractivity contribution in [1.29, 1.82) is 0 Å². The third-order valence-corrected chi connectivity index (χ3v) is 6.97. The molecule has 21 heteroatoms. The first-order chi connectivity index (χ1) is 21.7. The molecule has 0 atom stereocenters. The topological polar surface area (TPSA) is 182 Å². The molecule has 0 heterocycles. The van der Waals surface area contributed by atoms with Crippen molar-refractivity contribution < 1.29 is 50.8 Å². The van der Waals surface area contributed by atoms with E-state index in [2.05, 4.69) is 0 Å². The Kier molecular flexibility index (Phi) is 9.00. The van der Waals surface area contributed by atoms with E-state index in [1.54, 1.807) is 0 Å². The smallest absolute Gasteiger partial charge is 0.416 e. The van der Waals surface area contributed by atoms with Crippen molar-refractivity contribution in [2.45, 2.75) is 12.4 Å². The van der Waals surface area contributed by atoms with Crippen LogP contribution in [-0.4, -0.2) is 19.7 Å². The maximum atomic E-state index is 13.3. The molecule has 244 valence electrons. The van der Waals surface area contributed by atoms with E-state index in [1.807, 2.05) is 0 Å². The highest BCUT2D eigenvalue weighted by atomic mass is 35.5. The molecule has 0 radical (unpaired) electrons. The lowest BCUT2D eigenvalue weighted by atomic mass is 9.98. The summed E-state index contributed by atoms with van der Waals surface area (Å²) in [5, 5.41) is 46.0. The molecular formula is C26H10Cl2F6N4O9. The van der Waals surface area contributed by atoms with Gasteiger partial charge in [-0.25, -0.2) is 0 Å². The predicted molar refractivity (Wildman–Crippen MR) is 150 cm³/mol. The van der Waals surface area contributed by atoms with Crippen LogP contribution < -0.4 is 4.74 Å². The van der Waals surface area contributed by atoms with Crippen molar-refractivity contribution in [2.24, 2.45) is 0 Å². The van der Waals surface area contributed by atoms with Crippen LogP contribution in [0.2, 0.25) is 10.0 Å². The second-order valence-corrected chi connectivity index (χ2v) is 9.94. The van der Waals surface area contributed by atoms with E-state index in [1.165, 1.54) is 0 Å². The molecule has 47 heavy (non-hydrogen) atoms. The van der Waals surface area contributed by atoms with E-state index in [0.717, 1.165) is 12.1 Å². The van der Waals surface area contributed by atoms with Crippen LogP contribution in [-0.2, 0) is 12.4 Å². The highest BCUT2D eigenvalue weighted by molar-refractivity contribution is 6.34. The summed E-state index contributed by atoms with van der Waals surface area (Å²) in [6.07, 6.45) is -9.88. The van der Waals surface area contributed by atoms with Crippen LogP contribution in [0.25, 0.3) is 22.3 Å². The molecule has 0 aromatic heterocycles. The monoisotopic (exact) mass is 706 g/mol. The maximum Gasteiger partial charge on any atom is 0.416 e. The van der Waals surface area contributed by atoms with Gasteiger partial charge in [-0.2, -0.15) is 26.3 Å². The van der Waals surface area contributed by atoms with E-state index in [4.69, 9.17) is 27.9 Å². The summed E-state index contributed by atoms with van der Waals surface area (Å²) >= 11 is 12.1. The Bertz CT molecular complexity index is 1860. The molecule has 4 rings (SSSR count). The van der Waals surface area contributed by atoms with Crippen LogP contribution in [0.4, 0.5) is 49.1 Å². The summed E-state index contributed by atoms with van der Waals surface area (Å²) in [7, 11) is 0. The number of ether oxygens (including phenoxy) is 1. The molecule has 0 saturated carbocycles. The Balaban J connectivity index is 2.11. The summed E-state index contributed by atoms with van der Waals surface area (Å²) in [6.45, 7) is 0. The summed E-state index contributed by atoms with van der Waals surface area (Å²) in [5.41, 5.74) is -10.7. The van der Waals surface area contributed by atoms with Crippen molar-refractivity contribution >= 4 is 46.0 Å². The highest BCUT2D eigenvalue weighted by Gasteiger charge is 2.39. The van der Waals surface area contributed by atoms with E-state index in [0.29, 0.717) is 48.5 Å². The van der Waals surface area contributed by atoms with Crippen LogP contribution in [0.1, 0.15) is 11.1 Å². The first kappa shape index (κ1) is 34.3. The molecular weight excluding hydrogens is 697 g/mol. The van der Waals surface area contributed by atoms with Gasteiger partial charge in [-0.15, -0.1) is 0 Å². The van der Waals surface area contributed by atoms with Gasteiger partial charge in [0.15, 0.2) is 0 Å². The highest BCUT2D eigenvalue weighted by Crippen LogP contribution is 2.52. The second kappa shape index (κ2) is 12.3. The average molecular weight is 707 g/mol. The Morgan fingerprint density at radius 1 is 0.532 bits per heavy atom. The average Bonchev–Trinajstić information content (AvgIpc) is 2.95. The Morgan fingerprint density at radius 2 is 0.872 bits per heavy atom. The lowest BCUT2D eigenvalue weighted by Crippen LogP contribution is -2.06. The van der Waals surface area contributed by atoms with E-state index < -0.39 is 110 Å². The predicted octanol–water partition coefficient (Wildman–Crippen LogP) is 9.79. The molecule has 0 fully saturated rings. The zero-order valence-electron chi connectivity index (χ0n) is 22.3. The van der Waals surface area contributed by atoms with Gasteiger partial charge < -0.3 is 4.74 Å². The van der Waals surface area contributed by atoms with Crippen molar-refractivity contribution in [2.75, 3.05) is 0 Å². The number of nitro groups is 4. The first-order valence-corrected chi connectivity index (χ1v) is 12.8. The van der Waals surface area contributed by atoms with Crippen molar-refractivity contribution in [3.05, 3.63) is 122 Å². The van der Waals surface area contributed by atoms with Gasteiger partial charge in [0, 0.05) is 33.3 Å². The summed E-state index contributed by atoms with van der Waals surface area (Å²) in [4.78, 5) is 42.7. The van der Waals surface area contributed by atoms with Gasteiger partial charge in [0.05, 0.1) is 30.8 Å². The van der Waals surface area contributed by atoms with Gasteiger partial charge >= 0.3 is 35.1 Å². The van der Waals surface area contributed by atoms with Gasteiger partial charge in [-0.1, -0.05) is 35.3 Å². The zero-order valence-corrected chi connectivity index (χ0v) is 23.8. The molecule has 13 nitrogen and oxygen atoms in total. The number of nitrogens with zero attached hydrogens (tertiary/aromatic N) is 4. The van der Waals surface area contributed by atoms with Crippen molar-refractivity contribution in [3.8, 4) is 33.8 Å². The summed E-state index contributed by atoms with van der Waals surface area (Å²) in [5.74, 6) is -1.59. The molecule has 0 aliphatic rings. The maximum absolute atomic E-state index is 13.3. The van der Waals surface area contributed by atoms with Gasteiger partial charge in [0.1, 0.15) is 22.6 Å². The molecule has 0 unspecified atom stereocenters. The largest absolute Gasteiger partial charge is 0.456 e. The minimum absolute atomic E-state index is 0.355. The van der Waals surface area contributed by atoms with Crippen LogP contribution in [0.5, 0.6) is 11.5 Å². The molecule has 0 saturated heterocycles. The summed E-state index contributed by atoms with van der Waals surface area (Å²) < 4.78 is 85.6. The third kappa shape index (κ3) is 6.70. The number of hydrogen-bond acceptors (Lipinski definition) is 9. The number of alkyl halides is 6. The molecule has 4 aromatic rings. The SMILES string of the molecule is O=[N+]([O-])c1ccc(Oc2ccc([N+](=O)[O-])c([N+](=O)[O-])c2-c2ccc(C(F)(F)F)cc2Cl)c(-c2ccc(C(F)(F)F)cc2Cl)c1[N+](=O)[O-]. The molecule has 0 N–H and O–H groups in total. The van der Waals surface area contributed by atoms with Crippen molar-refractivity contribution in [1.82, 2.24) is 0 Å². The Hall–Kier alpha value is -5.56. The molecule has 4 aromatic carbocycles. The van der Waals surface area contributed by atoms with Gasteiger partial charge in [0.2, 0.25) is 0 Å². The van der Waals surface area contributed by atoms with Crippen LogP contribution >= 0.6 is 23.2 Å². The fourth-order valence-electron chi connectivity index (χ4n) is 4.39. The number of halogens is 8. The lowest BCUT2D eigenvalue weighted by Gasteiger charge is -2.17. The minimum Gasteiger partial charge on any atom is -0.456 e. The molecule has 0 aliphatic carbocycles. The minimum atomic E-state index is -4.94. The van der Waals surface area contributed by atoms with Crippen LogP contribution in [0, 0.1) is 40.5 Å². The fraction of sp³-hybridized carbons (Fsp3) is 0.0769. The number of hydrogen-bond donors (Lipinski definition) is 0. The number of benzene rings is 4. The number of nitro benzene ring substituents is 4. The standard InChI is InChI=1S/C26H10Cl2F6N4O9/c27-15-9-11(25(29,30)31)1-3-13(15)21-19(7-5-17(35(39)40)23(21)37(43)44)47-20-8-6-18(36(41)42)24(38(45)46)22(20)14-4-2-12(10-16(14)28)26(32,33)34/h1-10H. The third-order valence-electron chi connectivity index (χ3n) is 6.35. The van der Waals surface area contributed by atoms with Crippen LogP contribution in [0.15, 0.2) is 60.7 Å². The quantitative estimate of drug-likeness (QED) is 0.0977. The van der Waals surface area contributed by atoms with Gasteiger partial charge in [-0.3, -0.25) is 40.5 Å². The summed E-state index contributed by atoms with van der Waals surface area (Å²) in [6, 6.07) is 5.42. The zero-order chi connectivity index (χ0) is 35.2. The molecule has 0 aliphatic heterocycles. The number of rotatable bonds is 8. The van der Waals surface area contributed by atoms with Crippen molar-refractivity contribution in [3.63, 3.8) is 0 Å². The van der Waals surface area contributed by atoms with Crippen LogP contribution in [0.3, 0.4) is 0 Å². The van der Waals surface area contributed by atoms with E-state index >= 15 is 0 Å². The molecule has 0 spiro atoms. The van der Waals surface area contributed by atoms with Gasteiger partial charge in [0.25, 0.3) is 0 Å². The first-order valence-electron chi connectivity index (χ1n) is 12.1. The van der Waals surface area contributed by atoms with E-state index in [9.17, 15) is 66.8 Å². The Morgan fingerprint density at radius 3 is 1.13 bits per heavy atom. The van der Waals surface area contributed by atoms with E-state index in [-0.39, 0.29) is 0 Å². The normalized spacial score (nSPS) is 11.7. The fourth-order valence-corrected chi connectivity index (χ4v) is 4.94. The molecule has 0 amide bonds. The Labute approximate surface area is 265 Å². The lowest BCUT2D eigenvalue weighted by molar-refractivity contribution is -0.422. The van der Waals surface area contributed by atoms with Gasteiger partial charge in [-0.05, 0) is 36.4 Å². The second-order valence-electron chi connectivity index (χ2n) is 9.13.